The standard InChI is InChI=1S/C16H17Cl2N3OS2/c1-15(8-16(15,17)18)13(22)21-14(23)20-12-10(7-19)9-5-3-2-4-6-11(9)24-12/h2-6,8H2,1H3,(H2,20,21,22,23)/t15-/m0/s1. The van der Waals surface area contributed by atoms with E-state index in [1.54, 1.807) is 18.3 Å². The summed E-state index contributed by atoms with van der Waals surface area (Å²) in [4.78, 5) is 13.5. The Hall–Kier alpha value is -0.870. The predicted molar refractivity (Wildman–Crippen MR) is 102 cm³/mol. The third kappa shape index (κ3) is 3.15. The molecule has 4 nitrogen and oxygen atoms in total. The SMILES string of the molecule is C[C@@]1(C(=O)NC(=S)Nc2sc3c(c2C#N)CCCCC3)CC1(Cl)Cl. The van der Waals surface area contributed by atoms with E-state index in [1.807, 2.05) is 0 Å². The van der Waals surface area contributed by atoms with Crippen molar-refractivity contribution in [3.8, 4) is 6.07 Å². The molecule has 128 valence electrons. The fourth-order valence-corrected chi connectivity index (χ4v) is 5.18. The van der Waals surface area contributed by atoms with E-state index in [2.05, 4.69) is 16.7 Å². The minimum absolute atomic E-state index is 0.171. The number of alkyl halides is 2. The van der Waals surface area contributed by atoms with Crippen LogP contribution < -0.4 is 10.6 Å². The first-order valence-corrected chi connectivity index (χ1v) is 9.81. The molecule has 2 N–H and O–H groups in total. The number of rotatable bonds is 2. The molecule has 1 aromatic rings. The van der Waals surface area contributed by atoms with Gasteiger partial charge in [0, 0.05) is 4.88 Å². The quantitative estimate of drug-likeness (QED) is 0.440. The predicted octanol–water partition coefficient (Wildman–Crippen LogP) is 4.29. The van der Waals surface area contributed by atoms with Crippen LogP contribution >= 0.6 is 46.8 Å². The lowest BCUT2D eigenvalue weighted by Gasteiger charge is -2.14. The smallest absolute Gasteiger partial charge is 0.235 e. The van der Waals surface area contributed by atoms with Crippen molar-refractivity contribution in [3.05, 3.63) is 16.0 Å². The molecular formula is C16H17Cl2N3OS2. The highest BCUT2D eigenvalue weighted by Gasteiger charge is 2.68. The van der Waals surface area contributed by atoms with E-state index in [1.165, 1.54) is 11.3 Å². The van der Waals surface area contributed by atoms with Gasteiger partial charge in [-0.15, -0.1) is 34.5 Å². The summed E-state index contributed by atoms with van der Waals surface area (Å²) in [6.45, 7) is 1.71. The van der Waals surface area contributed by atoms with Crippen LogP contribution in [-0.4, -0.2) is 15.4 Å². The van der Waals surface area contributed by atoms with Crippen LogP contribution in [0.1, 0.15) is 48.6 Å². The van der Waals surface area contributed by atoms with Crippen LogP contribution in [0.4, 0.5) is 5.00 Å². The average molecular weight is 402 g/mol. The number of hydrogen-bond donors (Lipinski definition) is 2. The van der Waals surface area contributed by atoms with Gasteiger partial charge in [-0.05, 0) is 56.8 Å². The summed E-state index contributed by atoms with van der Waals surface area (Å²) in [5.74, 6) is -0.304. The third-order valence-corrected chi connectivity index (χ3v) is 7.26. The Labute approximate surface area is 160 Å². The molecule has 8 heteroatoms. The molecular weight excluding hydrogens is 385 g/mol. The second-order valence-electron chi connectivity index (χ2n) is 6.50. The largest absolute Gasteiger partial charge is 0.323 e. The van der Waals surface area contributed by atoms with E-state index >= 15 is 0 Å². The number of aryl methyl sites for hydroxylation is 1. The first-order valence-electron chi connectivity index (χ1n) is 7.83. The Morgan fingerprint density at radius 3 is 2.62 bits per heavy atom. The lowest BCUT2D eigenvalue weighted by Crippen LogP contribution is -2.40. The van der Waals surface area contributed by atoms with Crippen molar-refractivity contribution in [2.45, 2.75) is 49.8 Å². The number of amides is 1. The maximum atomic E-state index is 12.3. The van der Waals surface area contributed by atoms with Crippen molar-refractivity contribution < 1.29 is 4.79 Å². The van der Waals surface area contributed by atoms with Crippen molar-refractivity contribution in [2.24, 2.45) is 5.41 Å². The van der Waals surface area contributed by atoms with Gasteiger partial charge in [0.1, 0.15) is 15.4 Å². The van der Waals surface area contributed by atoms with Crippen molar-refractivity contribution in [1.29, 1.82) is 5.26 Å². The van der Waals surface area contributed by atoms with E-state index in [0.29, 0.717) is 17.0 Å². The fourth-order valence-electron chi connectivity index (χ4n) is 2.97. The first kappa shape index (κ1) is 17.9. The van der Waals surface area contributed by atoms with Crippen LogP contribution in [0.25, 0.3) is 0 Å². The number of carbonyl (C=O) groups excluding carboxylic acids is 1. The van der Waals surface area contributed by atoms with Crippen LogP contribution in [0.15, 0.2) is 0 Å². The Kier molecular flexibility index (Phi) is 4.82. The highest BCUT2D eigenvalue weighted by Crippen LogP contribution is 2.63. The zero-order valence-electron chi connectivity index (χ0n) is 13.2. The molecule has 0 aromatic carbocycles. The van der Waals surface area contributed by atoms with Crippen LogP contribution in [-0.2, 0) is 17.6 Å². The lowest BCUT2D eigenvalue weighted by atomic mass is 10.1. The number of nitrogens with one attached hydrogen (secondary N) is 2. The number of hydrogen-bond acceptors (Lipinski definition) is 4. The minimum atomic E-state index is -1.04. The van der Waals surface area contributed by atoms with Gasteiger partial charge in [0.2, 0.25) is 5.91 Å². The fraction of sp³-hybridized carbons (Fsp3) is 0.562. The molecule has 1 saturated carbocycles. The molecule has 1 amide bonds. The molecule has 0 bridgehead atoms. The number of carbonyl (C=O) groups is 1. The van der Waals surface area contributed by atoms with Crippen LogP contribution in [0.2, 0.25) is 0 Å². The first-order chi connectivity index (χ1) is 11.3. The van der Waals surface area contributed by atoms with Gasteiger partial charge >= 0.3 is 0 Å². The van der Waals surface area contributed by atoms with Crippen molar-refractivity contribution in [3.63, 3.8) is 0 Å². The zero-order valence-corrected chi connectivity index (χ0v) is 16.3. The molecule has 1 atom stereocenters. The van der Waals surface area contributed by atoms with Gasteiger partial charge in [0.05, 0.1) is 11.0 Å². The van der Waals surface area contributed by atoms with Gasteiger partial charge in [0.25, 0.3) is 0 Å². The molecule has 3 rings (SSSR count). The van der Waals surface area contributed by atoms with Gasteiger partial charge in [-0.2, -0.15) is 5.26 Å². The van der Waals surface area contributed by atoms with E-state index in [4.69, 9.17) is 35.4 Å². The minimum Gasteiger partial charge on any atom is -0.323 e. The molecule has 0 unspecified atom stereocenters. The van der Waals surface area contributed by atoms with Crippen LogP contribution in [0.5, 0.6) is 0 Å². The van der Waals surface area contributed by atoms with Crippen LogP contribution in [0, 0.1) is 16.7 Å². The average Bonchev–Trinajstić information content (AvgIpc) is 2.99. The zero-order chi connectivity index (χ0) is 17.5. The molecule has 0 spiro atoms. The summed E-state index contributed by atoms with van der Waals surface area (Å²) in [6.07, 6.45) is 5.76. The van der Waals surface area contributed by atoms with E-state index in [0.717, 1.165) is 31.2 Å². The maximum absolute atomic E-state index is 12.3. The summed E-state index contributed by atoms with van der Waals surface area (Å²) < 4.78 is -1.04. The maximum Gasteiger partial charge on any atom is 0.235 e. The number of thiocarbonyl (C=S) groups is 1. The van der Waals surface area contributed by atoms with Crippen LogP contribution in [0.3, 0.4) is 0 Å². The van der Waals surface area contributed by atoms with Gasteiger partial charge in [-0.3, -0.25) is 4.79 Å². The van der Waals surface area contributed by atoms with Gasteiger partial charge < -0.3 is 10.6 Å². The Balaban J connectivity index is 1.71. The molecule has 1 fully saturated rings. The number of halogens is 2. The Morgan fingerprint density at radius 2 is 2.00 bits per heavy atom. The van der Waals surface area contributed by atoms with E-state index in [9.17, 15) is 10.1 Å². The molecule has 2 aliphatic rings. The molecule has 0 aliphatic heterocycles. The van der Waals surface area contributed by atoms with Crippen molar-refractivity contribution >= 4 is 62.8 Å². The number of nitrogens with zero attached hydrogens (tertiary/aromatic N) is 1. The molecule has 1 aromatic heterocycles. The third-order valence-electron chi connectivity index (χ3n) is 4.75. The van der Waals surface area contributed by atoms with E-state index in [-0.39, 0.29) is 11.0 Å². The number of thiophene rings is 1. The van der Waals surface area contributed by atoms with Gasteiger partial charge in [0.15, 0.2) is 5.11 Å². The molecule has 0 saturated heterocycles. The summed E-state index contributed by atoms with van der Waals surface area (Å²) in [6, 6.07) is 2.28. The Morgan fingerprint density at radius 1 is 1.33 bits per heavy atom. The lowest BCUT2D eigenvalue weighted by molar-refractivity contribution is -0.124. The second kappa shape index (κ2) is 6.45. The molecule has 0 radical (unpaired) electrons. The molecule has 1 heterocycles. The highest BCUT2D eigenvalue weighted by atomic mass is 35.5. The summed E-state index contributed by atoms with van der Waals surface area (Å²) in [5, 5.41) is 16.0. The van der Waals surface area contributed by atoms with Crippen molar-refractivity contribution in [1.82, 2.24) is 5.32 Å². The molecule has 2 aliphatic carbocycles. The summed E-state index contributed by atoms with van der Waals surface area (Å²) in [5.41, 5.74) is 0.952. The van der Waals surface area contributed by atoms with Gasteiger partial charge in [-0.25, -0.2) is 0 Å². The van der Waals surface area contributed by atoms with E-state index < -0.39 is 9.75 Å². The number of nitriles is 1. The Bertz CT molecular complexity index is 753. The summed E-state index contributed by atoms with van der Waals surface area (Å²) >= 11 is 18.8. The number of fused-ring (bicyclic) bond motifs is 1. The summed E-state index contributed by atoms with van der Waals surface area (Å²) in [7, 11) is 0. The normalized spacial score (nSPS) is 24.2. The molecule has 24 heavy (non-hydrogen) atoms. The highest BCUT2D eigenvalue weighted by molar-refractivity contribution is 7.80. The topological polar surface area (TPSA) is 64.9 Å². The van der Waals surface area contributed by atoms with Crippen molar-refractivity contribution in [2.75, 3.05) is 5.32 Å². The monoisotopic (exact) mass is 401 g/mol. The number of anilines is 1. The van der Waals surface area contributed by atoms with Gasteiger partial charge in [-0.1, -0.05) is 6.42 Å². The second-order valence-corrected chi connectivity index (χ2v) is 9.50.